The minimum absolute atomic E-state index is 0.0497. The van der Waals surface area contributed by atoms with Crippen molar-refractivity contribution in [2.45, 2.75) is 58.7 Å². The van der Waals surface area contributed by atoms with Gasteiger partial charge in [0.1, 0.15) is 5.60 Å². The van der Waals surface area contributed by atoms with Gasteiger partial charge in [-0.3, -0.25) is 9.69 Å². The summed E-state index contributed by atoms with van der Waals surface area (Å²) in [5.74, 6) is 0.834. The number of anilines is 1. The Kier molecular flexibility index (Phi) is 9.21. The third-order valence-electron chi connectivity index (χ3n) is 7.07. The van der Waals surface area contributed by atoms with Crippen LogP contribution in [0.4, 0.5) is 10.5 Å². The maximum atomic E-state index is 13.5. The maximum absolute atomic E-state index is 13.5. The lowest BCUT2D eigenvalue weighted by Crippen LogP contribution is -2.42. The molecule has 8 heteroatoms. The Morgan fingerprint density at radius 1 is 1.11 bits per heavy atom. The molecule has 1 fully saturated rings. The minimum atomic E-state index is -0.577. The first kappa shape index (κ1) is 28.2. The second-order valence-electron chi connectivity index (χ2n) is 11.5. The molecule has 0 aromatic heterocycles. The molecular weight excluding hydrogens is 500 g/mol. The molecule has 2 amide bonds. The summed E-state index contributed by atoms with van der Waals surface area (Å²) >= 11 is 6.42. The van der Waals surface area contributed by atoms with Gasteiger partial charge in [0.05, 0.1) is 6.54 Å². The molecule has 2 aromatic rings. The monoisotopic (exact) mass is 540 g/mol. The van der Waals surface area contributed by atoms with E-state index in [0.29, 0.717) is 24.7 Å². The second kappa shape index (κ2) is 12.4. The molecule has 38 heavy (non-hydrogen) atoms. The summed E-state index contributed by atoms with van der Waals surface area (Å²) < 4.78 is 5.47. The maximum Gasteiger partial charge on any atom is 0.410 e. The summed E-state index contributed by atoms with van der Waals surface area (Å²) in [6, 6.07) is 13.9. The van der Waals surface area contributed by atoms with Crippen LogP contribution < -0.4 is 5.32 Å². The van der Waals surface area contributed by atoms with Crippen LogP contribution in [0, 0.1) is 5.92 Å². The molecule has 0 unspecified atom stereocenters. The van der Waals surface area contributed by atoms with E-state index in [0.717, 1.165) is 36.7 Å². The number of carbonyl (C=O) groups excluding carboxylic acids is 2. The van der Waals surface area contributed by atoms with Gasteiger partial charge in [-0.2, -0.15) is 0 Å². The zero-order valence-electron chi connectivity index (χ0n) is 23.1. The van der Waals surface area contributed by atoms with Gasteiger partial charge in [-0.25, -0.2) is 4.79 Å². The van der Waals surface area contributed by atoms with Crippen LogP contribution in [-0.4, -0.2) is 72.1 Å². The molecule has 1 aliphatic heterocycles. The van der Waals surface area contributed by atoms with Crippen molar-refractivity contribution >= 4 is 29.3 Å². The highest BCUT2D eigenvalue weighted by atomic mass is 35.5. The second-order valence-corrected chi connectivity index (χ2v) is 11.9. The van der Waals surface area contributed by atoms with Crippen LogP contribution in [0.5, 0.6) is 0 Å². The highest BCUT2D eigenvalue weighted by Gasteiger charge is 2.27. The van der Waals surface area contributed by atoms with E-state index in [4.69, 9.17) is 16.3 Å². The molecule has 206 valence electrons. The lowest BCUT2D eigenvalue weighted by atomic mass is 9.97. The number of amides is 2. The summed E-state index contributed by atoms with van der Waals surface area (Å²) in [4.78, 5) is 31.7. The van der Waals surface area contributed by atoms with Gasteiger partial charge in [0, 0.05) is 57.0 Å². The van der Waals surface area contributed by atoms with E-state index >= 15 is 0 Å². The first-order valence-electron chi connectivity index (χ1n) is 13.6. The van der Waals surface area contributed by atoms with Crippen LogP contribution in [-0.2, 0) is 29.0 Å². The first-order valence-corrected chi connectivity index (χ1v) is 14.0. The molecule has 1 aliphatic carbocycles. The molecule has 1 saturated carbocycles. The van der Waals surface area contributed by atoms with Crippen LogP contribution in [0.15, 0.2) is 42.5 Å². The normalized spacial score (nSPS) is 15.5. The Hall–Kier alpha value is -2.77. The van der Waals surface area contributed by atoms with Gasteiger partial charge in [0.15, 0.2) is 0 Å². The van der Waals surface area contributed by atoms with Crippen LogP contribution >= 0.6 is 11.6 Å². The Balaban J connectivity index is 1.40. The number of halogens is 1. The molecule has 4 rings (SSSR count). The largest absolute Gasteiger partial charge is 0.444 e. The predicted molar refractivity (Wildman–Crippen MR) is 152 cm³/mol. The number of hydrogen-bond donors (Lipinski definition) is 1. The zero-order chi connectivity index (χ0) is 27.3. The van der Waals surface area contributed by atoms with Crippen LogP contribution in [0.2, 0.25) is 5.02 Å². The van der Waals surface area contributed by atoms with Crippen LogP contribution in [0.3, 0.4) is 0 Å². The molecule has 1 heterocycles. The fraction of sp³-hybridized carbons (Fsp3) is 0.533. The van der Waals surface area contributed by atoms with Gasteiger partial charge >= 0.3 is 6.09 Å². The zero-order valence-corrected chi connectivity index (χ0v) is 23.9. The molecule has 0 spiro atoms. The van der Waals surface area contributed by atoms with Crippen molar-refractivity contribution in [2.24, 2.45) is 5.92 Å². The number of carbonyl (C=O) groups is 2. The number of likely N-dealkylation sites (N-methyl/N-ethyl adjacent to an activating group) is 1. The number of nitrogens with one attached hydrogen (secondary N) is 1. The SMILES string of the molecule is CN(CCN(Cc1ccccc1Cl)C(=O)CNc1cccc2c1CCN(CC1CC1)C2)C(=O)OC(C)(C)C. The smallest absolute Gasteiger partial charge is 0.410 e. The van der Waals surface area contributed by atoms with E-state index in [1.54, 1.807) is 11.9 Å². The molecule has 0 radical (unpaired) electrons. The summed E-state index contributed by atoms with van der Waals surface area (Å²) in [5.41, 5.74) is 3.99. The topological polar surface area (TPSA) is 65.1 Å². The number of nitrogens with zero attached hydrogens (tertiary/aromatic N) is 3. The highest BCUT2D eigenvalue weighted by Crippen LogP contribution is 2.33. The summed E-state index contributed by atoms with van der Waals surface area (Å²) in [7, 11) is 1.69. The van der Waals surface area contributed by atoms with Gasteiger partial charge in [-0.1, -0.05) is 41.9 Å². The van der Waals surface area contributed by atoms with Crippen molar-refractivity contribution in [1.29, 1.82) is 0 Å². The van der Waals surface area contributed by atoms with Gasteiger partial charge in [0.25, 0.3) is 0 Å². The number of fused-ring (bicyclic) bond motifs is 1. The van der Waals surface area contributed by atoms with Crippen LogP contribution in [0.1, 0.15) is 50.3 Å². The number of hydrogen-bond acceptors (Lipinski definition) is 5. The van der Waals surface area contributed by atoms with Gasteiger partial charge in [-0.05, 0) is 74.8 Å². The Morgan fingerprint density at radius 3 is 2.58 bits per heavy atom. The number of rotatable bonds is 10. The molecule has 1 N–H and O–H groups in total. The van der Waals surface area contributed by atoms with E-state index in [9.17, 15) is 9.59 Å². The third-order valence-corrected chi connectivity index (χ3v) is 7.44. The Labute approximate surface area is 232 Å². The Bertz CT molecular complexity index is 1130. The van der Waals surface area contributed by atoms with Crippen LogP contribution in [0.25, 0.3) is 0 Å². The van der Waals surface area contributed by atoms with Crippen molar-refractivity contribution in [3.63, 3.8) is 0 Å². The van der Waals surface area contributed by atoms with Crippen molar-refractivity contribution in [3.8, 4) is 0 Å². The van der Waals surface area contributed by atoms with Crippen molar-refractivity contribution < 1.29 is 14.3 Å². The summed E-state index contributed by atoms with van der Waals surface area (Å²) in [6.07, 6.45) is 3.31. The average Bonchev–Trinajstić information content (AvgIpc) is 3.68. The molecule has 0 saturated heterocycles. The summed E-state index contributed by atoms with van der Waals surface area (Å²) in [6.45, 7) is 10.0. The predicted octanol–water partition coefficient (Wildman–Crippen LogP) is 5.42. The molecule has 7 nitrogen and oxygen atoms in total. The van der Waals surface area contributed by atoms with Gasteiger partial charge in [-0.15, -0.1) is 0 Å². The van der Waals surface area contributed by atoms with E-state index in [1.807, 2.05) is 45.0 Å². The molecule has 2 aromatic carbocycles. The molecule has 2 aliphatic rings. The molecule has 0 bridgehead atoms. The highest BCUT2D eigenvalue weighted by molar-refractivity contribution is 6.31. The quantitative estimate of drug-likeness (QED) is 0.436. The molecule has 0 atom stereocenters. The van der Waals surface area contributed by atoms with Gasteiger partial charge in [0.2, 0.25) is 5.91 Å². The fourth-order valence-corrected chi connectivity index (χ4v) is 4.96. The number of benzene rings is 2. The van der Waals surface area contributed by atoms with E-state index in [-0.39, 0.29) is 12.5 Å². The van der Waals surface area contributed by atoms with E-state index in [1.165, 1.54) is 35.4 Å². The first-order chi connectivity index (χ1) is 18.1. The van der Waals surface area contributed by atoms with Gasteiger partial charge < -0.3 is 19.9 Å². The number of ether oxygens (including phenoxy) is 1. The summed E-state index contributed by atoms with van der Waals surface area (Å²) in [5, 5.41) is 4.03. The van der Waals surface area contributed by atoms with Crippen molar-refractivity contribution in [2.75, 3.05) is 45.1 Å². The van der Waals surface area contributed by atoms with Crippen molar-refractivity contribution in [3.05, 3.63) is 64.2 Å². The minimum Gasteiger partial charge on any atom is -0.444 e. The third kappa shape index (κ3) is 8.11. The Morgan fingerprint density at radius 2 is 1.87 bits per heavy atom. The fourth-order valence-electron chi connectivity index (χ4n) is 4.76. The lowest BCUT2D eigenvalue weighted by Gasteiger charge is -2.31. The molecular formula is C30H41ClN4O3. The standard InChI is InChI=1S/C30H41ClN4O3/c1-30(2,3)38-29(37)33(4)16-17-35(21-24-8-5-6-10-26(24)31)28(36)18-32-27-11-7-9-23-20-34(15-14-25(23)27)19-22-12-13-22/h5-11,22,32H,12-21H2,1-4H3. The van der Waals surface area contributed by atoms with E-state index < -0.39 is 11.7 Å². The van der Waals surface area contributed by atoms with Crippen molar-refractivity contribution in [1.82, 2.24) is 14.7 Å². The van der Waals surface area contributed by atoms with E-state index in [2.05, 4.69) is 28.4 Å². The average molecular weight is 541 g/mol. The lowest BCUT2D eigenvalue weighted by molar-refractivity contribution is -0.130.